The summed E-state index contributed by atoms with van der Waals surface area (Å²) in [5, 5.41) is 110. The van der Waals surface area contributed by atoms with Crippen LogP contribution in [0, 0.1) is 0 Å². The highest BCUT2D eigenvalue weighted by atomic mass is 31.2. The van der Waals surface area contributed by atoms with Crippen molar-refractivity contribution in [2.24, 2.45) is 0 Å². The smallest absolute Gasteiger partial charge is 0.463 e. The first kappa shape index (κ1) is 89.7. The van der Waals surface area contributed by atoms with E-state index in [1.807, 2.05) is 0 Å². The number of allylic oxidation sites excluding steroid dienone is 4. The lowest BCUT2D eigenvalue weighted by molar-refractivity contribution is -0.360. The van der Waals surface area contributed by atoms with Crippen molar-refractivity contribution in [3.63, 3.8) is 0 Å². The van der Waals surface area contributed by atoms with Crippen LogP contribution in [0.15, 0.2) is 24.3 Å². The van der Waals surface area contributed by atoms with Gasteiger partial charge in [-0.3, -0.25) is 23.4 Å². The predicted molar refractivity (Wildman–Crippen MR) is 370 cm³/mol. The van der Waals surface area contributed by atoms with Crippen LogP contribution in [0.1, 0.15) is 290 Å². The third-order valence-corrected chi connectivity index (χ3v) is 19.7. The first-order valence-corrected chi connectivity index (χ1v) is 39.6. The lowest BCUT2D eigenvalue weighted by Crippen LogP contribution is -2.69. The summed E-state index contributed by atoms with van der Waals surface area (Å²) in [6.07, 6.45) is 15.3. The lowest BCUT2D eigenvalue weighted by Gasteiger charge is -2.49. The van der Waals surface area contributed by atoms with E-state index in [1.165, 1.54) is 116 Å². The van der Waals surface area contributed by atoms with Crippen molar-refractivity contribution in [2.75, 3.05) is 26.4 Å². The Morgan fingerprint density at radius 2 is 0.714 bits per heavy atom. The minimum absolute atomic E-state index is 0.0307. The Hall–Kier alpha value is -2.56. The highest BCUT2D eigenvalue weighted by Crippen LogP contribution is 2.49. The molecule has 0 aromatic carbocycles. The summed E-state index contributed by atoms with van der Waals surface area (Å²) in [6.45, 7) is 3.42. The van der Waals surface area contributed by atoms with Crippen LogP contribution >= 0.6 is 7.82 Å². The number of hydrogen-bond acceptors (Lipinski definition) is 23. The van der Waals surface area contributed by atoms with Gasteiger partial charge in [0, 0.05) is 19.3 Å². The van der Waals surface area contributed by atoms with Gasteiger partial charge in [0.2, 0.25) is 0 Å². The molecule has 574 valence electrons. The number of aliphatic hydroxyl groups excluding tert-OH is 10. The van der Waals surface area contributed by atoms with Crippen molar-refractivity contribution in [2.45, 2.75) is 395 Å². The summed E-state index contributed by atoms with van der Waals surface area (Å²) in [7, 11) is -5.70. The van der Waals surface area contributed by atoms with Gasteiger partial charge in [0.1, 0.15) is 98.7 Å². The summed E-state index contributed by atoms with van der Waals surface area (Å²) in [6, 6.07) is 0. The maximum atomic E-state index is 14.3. The zero-order valence-corrected chi connectivity index (χ0v) is 60.7. The van der Waals surface area contributed by atoms with Crippen molar-refractivity contribution in [3.8, 4) is 0 Å². The molecule has 3 fully saturated rings. The standard InChI is InChI=1S/C73H133O24P/c1-4-7-10-13-16-19-22-25-28-31-33-35-38-41-44-47-57(75)89-51-54(92-59(77)49-46-43-40-37-34-30-27-24-21-18-15-12-9-6-3)52-91-98(87,88)97-71-69(95-72-67(85)62(80)60(78)55(50-74)93-72)65(83)64(82)66(84)70(71)96-73-68(86)63(81)61(79)56(94-73)53-90-58(76)48-45-42-39-36-32-29-26-23-20-17-14-11-8-5-2/h19,22,30,34,54-56,60-74,78-86H,4-18,20-21,23-29,31-33,35-53H2,1-3H3,(H,87,88)/b22-19-,34-30-. The fraction of sp³-hybridized carbons (Fsp3) is 0.904. The van der Waals surface area contributed by atoms with Gasteiger partial charge in [-0.2, -0.15) is 0 Å². The van der Waals surface area contributed by atoms with Crippen LogP contribution in [0.25, 0.3) is 0 Å². The van der Waals surface area contributed by atoms with Gasteiger partial charge in [-0.15, -0.1) is 0 Å². The van der Waals surface area contributed by atoms with Gasteiger partial charge < -0.3 is 89.1 Å². The van der Waals surface area contributed by atoms with Crippen LogP contribution in [0.3, 0.4) is 0 Å². The molecule has 24 nitrogen and oxygen atoms in total. The van der Waals surface area contributed by atoms with E-state index in [4.69, 9.17) is 42.2 Å². The van der Waals surface area contributed by atoms with E-state index in [-0.39, 0.29) is 19.3 Å². The fourth-order valence-electron chi connectivity index (χ4n) is 12.5. The number of carbonyl (C=O) groups excluding carboxylic acids is 3. The van der Waals surface area contributed by atoms with Crippen LogP contribution < -0.4 is 0 Å². The molecule has 3 rings (SSSR count). The highest BCUT2D eigenvalue weighted by molar-refractivity contribution is 7.47. The van der Waals surface area contributed by atoms with Gasteiger partial charge in [0.25, 0.3) is 0 Å². The number of carbonyl (C=O) groups is 3. The fourth-order valence-corrected chi connectivity index (χ4v) is 13.4. The lowest BCUT2D eigenvalue weighted by atomic mass is 9.84. The number of hydrogen-bond donors (Lipinski definition) is 11. The van der Waals surface area contributed by atoms with Gasteiger partial charge in [-0.25, -0.2) is 4.57 Å². The normalized spacial score (nSPS) is 27.7. The monoisotopic (exact) mass is 1420 g/mol. The number of rotatable bonds is 59. The van der Waals surface area contributed by atoms with Crippen LogP contribution in [0.4, 0.5) is 0 Å². The molecule has 1 aliphatic carbocycles. The van der Waals surface area contributed by atoms with Gasteiger partial charge >= 0.3 is 25.7 Å². The molecule has 18 unspecified atom stereocenters. The third kappa shape index (κ3) is 37.7. The molecule has 2 aliphatic heterocycles. The molecule has 3 aliphatic rings. The average molecular weight is 1430 g/mol. The van der Waals surface area contributed by atoms with E-state index >= 15 is 0 Å². The Balaban J connectivity index is 1.74. The number of esters is 3. The molecule has 18 atom stereocenters. The number of phosphoric acid groups is 1. The molecule has 98 heavy (non-hydrogen) atoms. The summed E-state index contributed by atoms with van der Waals surface area (Å²) in [5.41, 5.74) is 0. The Labute approximate surface area is 585 Å². The maximum Gasteiger partial charge on any atom is 0.472 e. The van der Waals surface area contributed by atoms with Crippen molar-refractivity contribution in [3.05, 3.63) is 24.3 Å². The molecular weight excluding hydrogens is 1290 g/mol. The van der Waals surface area contributed by atoms with Gasteiger partial charge in [-0.05, 0) is 70.6 Å². The summed E-state index contributed by atoms with van der Waals surface area (Å²) >= 11 is 0. The molecule has 25 heteroatoms. The molecule has 0 spiro atoms. The summed E-state index contributed by atoms with van der Waals surface area (Å²) < 4.78 is 65.0. The Kier molecular flexibility index (Phi) is 50.3. The average Bonchev–Trinajstić information content (AvgIpc) is 0.763. The van der Waals surface area contributed by atoms with Crippen LogP contribution in [0.2, 0.25) is 0 Å². The Morgan fingerprint density at radius 1 is 0.388 bits per heavy atom. The van der Waals surface area contributed by atoms with Crippen molar-refractivity contribution in [1.29, 1.82) is 0 Å². The van der Waals surface area contributed by atoms with Crippen LogP contribution in [-0.2, 0) is 61.2 Å². The molecule has 0 amide bonds. The largest absolute Gasteiger partial charge is 0.472 e. The second-order valence-electron chi connectivity index (χ2n) is 27.4. The number of phosphoric ester groups is 1. The van der Waals surface area contributed by atoms with Crippen LogP contribution in [-0.4, -0.2) is 204 Å². The molecule has 1 saturated carbocycles. The second kappa shape index (κ2) is 55.0. The van der Waals surface area contributed by atoms with Gasteiger partial charge in [0.15, 0.2) is 18.7 Å². The number of aliphatic hydroxyl groups is 10. The summed E-state index contributed by atoms with van der Waals surface area (Å²) in [4.78, 5) is 51.0. The molecule has 2 heterocycles. The Morgan fingerprint density at radius 3 is 1.12 bits per heavy atom. The van der Waals surface area contributed by atoms with Gasteiger partial charge in [-0.1, -0.05) is 225 Å². The van der Waals surface area contributed by atoms with Crippen LogP contribution in [0.5, 0.6) is 0 Å². The molecular formula is C73H133O24P. The van der Waals surface area contributed by atoms with E-state index in [0.29, 0.717) is 25.7 Å². The molecule has 0 radical (unpaired) electrons. The second-order valence-corrected chi connectivity index (χ2v) is 28.8. The van der Waals surface area contributed by atoms with E-state index in [0.717, 1.165) is 109 Å². The zero-order chi connectivity index (χ0) is 71.8. The van der Waals surface area contributed by atoms with E-state index in [2.05, 4.69) is 45.1 Å². The van der Waals surface area contributed by atoms with Gasteiger partial charge in [0.05, 0.1) is 13.2 Å². The molecule has 0 aromatic heterocycles. The molecule has 0 aromatic rings. The van der Waals surface area contributed by atoms with E-state index < -0.39 is 156 Å². The SMILES string of the molecule is CCCCCC/C=C\CCCCCCCCCC(=O)OCC(COP(=O)(O)OC1C(OC2OC(CO)C(O)C(O)C2O)C(O)C(O)C(O)C1OC1OC(COC(=O)CCCCCCCCCCCCCCCC)C(O)C(O)C1O)OC(=O)CCCCC/C=C\CCCCCCCCC. The quantitative estimate of drug-likeness (QED) is 0.00886. The van der Waals surface area contributed by atoms with E-state index in [1.54, 1.807) is 0 Å². The topological polar surface area (TPSA) is 374 Å². The first-order valence-electron chi connectivity index (χ1n) is 38.1. The number of unbranched alkanes of at least 4 members (excludes halogenated alkanes) is 34. The minimum atomic E-state index is -5.70. The first-order chi connectivity index (χ1) is 47.3. The van der Waals surface area contributed by atoms with Crippen molar-refractivity contribution < 1.29 is 117 Å². The molecule has 11 N–H and O–H groups in total. The molecule has 2 saturated heterocycles. The van der Waals surface area contributed by atoms with Crippen molar-refractivity contribution in [1.82, 2.24) is 0 Å². The van der Waals surface area contributed by atoms with E-state index in [9.17, 15) is 74.9 Å². The third-order valence-electron chi connectivity index (χ3n) is 18.7. The molecule has 0 bridgehead atoms. The predicted octanol–water partition coefficient (Wildman–Crippen LogP) is 10.5. The minimum Gasteiger partial charge on any atom is -0.463 e. The Bertz CT molecular complexity index is 2120. The summed E-state index contributed by atoms with van der Waals surface area (Å²) in [5.74, 6) is -2.01. The van der Waals surface area contributed by atoms with Crippen molar-refractivity contribution >= 4 is 25.7 Å². The highest BCUT2D eigenvalue weighted by Gasteiger charge is 2.58. The zero-order valence-electron chi connectivity index (χ0n) is 59.8. The maximum absolute atomic E-state index is 14.3. The number of ether oxygens (including phenoxy) is 7.